The van der Waals surface area contributed by atoms with Crippen molar-refractivity contribution in [2.75, 3.05) is 75.8 Å². The maximum Gasteiger partial charge on any atom is 0.225 e. The standard InChI is InChI=1S/C22H33N9/c1-3-23-21(30-14-16-31(17-15-30)22-25-8-5-9-26-22)27-18-19-6-4-7-24-20(19)29-12-10-28(2)11-13-29/h4-9H,3,10-18H2,1-2H3,(H,23,27). The fourth-order valence-electron chi connectivity index (χ4n) is 4.02. The zero-order valence-electron chi connectivity index (χ0n) is 18.6. The third kappa shape index (κ3) is 5.41. The normalized spacial score (nSPS) is 18.4. The number of nitrogens with zero attached hydrogens (tertiary/aromatic N) is 8. The molecular formula is C22H33N9. The van der Waals surface area contributed by atoms with E-state index in [0.717, 1.165) is 76.6 Å². The number of hydrogen-bond acceptors (Lipinski definition) is 7. The van der Waals surface area contributed by atoms with E-state index >= 15 is 0 Å². The summed E-state index contributed by atoms with van der Waals surface area (Å²) < 4.78 is 0. The Labute approximate surface area is 184 Å². The number of rotatable bonds is 5. The first-order valence-corrected chi connectivity index (χ1v) is 11.2. The Balaban J connectivity index is 1.42. The van der Waals surface area contributed by atoms with Gasteiger partial charge in [0.15, 0.2) is 5.96 Å². The molecule has 2 aromatic rings. The zero-order chi connectivity index (χ0) is 21.5. The molecule has 0 radical (unpaired) electrons. The summed E-state index contributed by atoms with van der Waals surface area (Å²) in [5.41, 5.74) is 1.18. The van der Waals surface area contributed by atoms with Crippen molar-refractivity contribution < 1.29 is 0 Å². The number of pyridine rings is 1. The minimum absolute atomic E-state index is 0.625. The van der Waals surface area contributed by atoms with Crippen LogP contribution >= 0.6 is 0 Å². The van der Waals surface area contributed by atoms with E-state index in [1.165, 1.54) is 5.56 Å². The molecule has 0 aliphatic carbocycles. The highest BCUT2D eigenvalue weighted by Crippen LogP contribution is 2.20. The summed E-state index contributed by atoms with van der Waals surface area (Å²) in [5, 5.41) is 3.47. The van der Waals surface area contributed by atoms with E-state index in [1.807, 2.05) is 18.3 Å². The average molecular weight is 424 g/mol. The fourth-order valence-corrected chi connectivity index (χ4v) is 4.02. The number of aromatic nitrogens is 3. The van der Waals surface area contributed by atoms with Gasteiger partial charge in [-0.2, -0.15) is 0 Å². The maximum absolute atomic E-state index is 4.98. The molecule has 2 aliphatic rings. The lowest BCUT2D eigenvalue weighted by Crippen LogP contribution is -2.53. The second-order valence-corrected chi connectivity index (χ2v) is 7.97. The van der Waals surface area contributed by atoms with Gasteiger partial charge in [0.1, 0.15) is 5.82 Å². The lowest BCUT2D eigenvalue weighted by molar-refractivity contribution is 0.312. The molecule has 2 aliphatic heterocycles. The largest absolute Gasteiger partial charge is 0.357 e. The molecule has 2 saturated heterocycles. The third-order valence-electron chi connectivity index (χ3n) is 5.82. The van der Waals surface area contributed by atoms with Crippen LogP contribution in [0.2, 0.25) is 0 Å². The van der Waals surface area contributed by atoms with E-state index in [1.54, 1.807) is 12.4 Å². The van der Waals surface area contributed by atoms with Gasteiger partial charge < -0.3 is 24.9 Å². The van der Waals surface area contributed by atoms with Crippen LogP contribution in [0.25, 0.3) is 0 Å². The molecule has 0 bridgehead atoms. The Bertz CT molecular complexity index is 841. The van der Waals surface area contributed by atoms with Gasteiger partial charge >= 0.3 is 0 Å². The number of likely N-dealkylation sites (N-methyl/N-ethyl adjacent to an activating group) is 1. The number of anilines is 2. The average Bonchev–Trinajstić information content (AvgIpc) is 2.83. The molecule has 2 aromatic heterocycles. The van der Waals surface area contributed by atoms with Crippen LogP contribution in [0, 0.1) is 0 Å². The molecule has 4 rings (SSSR count). The molecular weight excluding hydrogens is 390 g/mol. The van der Waals surface area contributed by atoms with Crippen molar-refractivity contribution in [1.29, 1.82) is 0 Å². The Morgan fingerprint density at radius 2 is 1.58 bits per heavy atom. The summed E-state index contributed by atoms with van der Waals surface area (Å²) in [6.45, 7) is 11.3. The first-order chi connectivity index (χ1) is 15.2. The van der Waals surface area contributed by atoms with Gasteiger partial charge in [0.25, 0.3) is 0 Å². The molecule has 4 heterocycles. The summed E-state index contributed by atoms with van der Waals surface area (Å²) in [6, 6.07) is 6.01. The van der Waals surface area contributed by atoms with Crippen molar-refractivity contribution in [2.24, 2.45) is 4.99 Å². The van der Waals surface area contributed by atoms with E-state index in [-0.39, 0.29) is 0 Å². The van der Waals surface area contributed by atoms with Gasteiger partial charge in [-0.25, -0.2) is 19.9 Å². The Hall–Kier alpha value is -2.94. The number of piperazine rings is 2. The van der Waals surface area contributed by atoms with Gasteiger partial charge in [-0.1, -0.05) is 6.07 Å². The molecule has 0 saturated carbocycles. The van der Waals surface area contributed by atoms with Gasteiger partial charge in [-0.15, -0.1) is 0 Å². The molecule has 0 unspecified atom stereocenters. The van der Waals surface area contributed by atoms with Crippen molar-refractivity contribution in [1.82, 2.24) is 30.1 Å². The van der Waals surface area contributed by atoms with Crippen LogP contribution in [-0.2, 0) is 6.54 Å². The third-order valence-corrected chi connectivity index (χ3v) is 5.82. The van der Waals surface area contributed by atoms with Crippen molar-refractivity contribution in [2.45, 2.75) is 13.5 Å². The van der Waals surface area contributed by atoms with Crippen molar-refractivity contribution in [3.05, 3.63) is 42.4 Å². The lowest BCUT2D eigenvalue weighted by Gasteiger charge is -2.36. The highest BCUT2D eigenvalue weighted by atomic mass is 15.4. The Morgan fingerprint density at radius 1 is 0.903 bits per heavy atom. The summed E-state index contributed by atoms with van der Waals surface area (Å²) in [6.07, 6.45) is 5.48. The summed E-state index contributed by atoms with van der Waals surface area (Å²) in [7, 11) is 2.17. The smallest absolute Gasteiger partial charge is 0.225 e. The van der Waals surface area contributed by atoms with Crippen LogP contribution in [0.5, 0.6) is 0 Å². The summed E-state index contributed by atoms with van der Waals surface area (Å²) >= 11 is 0. The van der Waals surface area contributed by atoms with Crippen molar-refractivity contribution >= 4 is 17.7 Å². The fraction of sp³-hybridized carbons (Fsp3) is 0.545. The number of hydrogen-bond donors (Lipinski definition) is 1. The quantitative estimate of drug-likeness (QED) is 0.562. The highest BCUT2D eigenvalue weighted by molar-refractivity contribution is 5.80. The van der Waals surface area contributed by atoms with E-state index in [2.05, 4.69) is 54.9 Å². The second-order valence-electron chi connectivity index (χ2n) is 7.97. The number of aliphatic imine (C=N–C) groups is 1. The highest BCUT2D eigenvalue weighted by Gasteiger charge is 2.22. The summed E-state index contributed by atoms with van der Waals surface area (Å²) in [4.78, 5) is 27.7. The SMILES string of the molecule is CCNC(=NCc1cccnc1N1CCN(C)CC1)N1CCN(c2ncccn2)CC1. The van der Waals surface area contributed by atoms with Gasteiger partial charge in [0, 0.05) is 83.1 Å². The maximum atomic E-state index is 4.98. The van der Waals surface area contributed by atoms with Crippen LogP contribution in [-0.4, -0.2) is 96.7 Å². The molecule has 0 amide bonds. The van der Waals surface area contributed by atoms with Crippen LogP contribution in [0.15, 0.2) is 41.8 Å². The molecule has 0 atom stereocenters. The number of nitrogens with one attached hydrogen (secondary N) is 1. The second kappa shape index (κ2) is 10.4. The summed E-state index contributed by atoms with van der Waals surface area (Å²) in [5.74, 6) is 2.84. The molecule has 9 heteroatoms. The molecule has 2 fully saturated rings. The number of guanidine groups is 1. The molecule has 9 nitrogen and oxygen atoms in total. The Kier molecular flexibility index (Phi) is 7.14. The zero-order valence-corrected chi connectivity index (χ0v) is 18.6. The van der Waals surface area contributed by atoms with Crippen LogP contribution in [0.1, 0.15) is 12.5 Å². The molecule has 31 heavy (non-hydrogen) atoms. The van der Waals surface area contributed by atoms with Crippen molar-refractivity contribution in [3.8, 4) is 0 Å². The lowest BCUT2D eigenvalue weighted by atomic mass is 10.2. The van der Waals surface area contributed by atoms with Gasteiger partial charge in [0.05, 0.1) is 6.54 Å². The molecule has 1 N–H and O–H groups in total. The molecule has 0 spiro atoms. The minimum Gasteiger partial charge on any atom is -0.357 e. The van der Waals surface area contributed by atoms with E-state index in [9.17, 15) is 0 Å². The minimum atomic E-state index is 0.625. The van der Waals surface area contributed by atoms with E-state index < -0.39 is 0 Å². The van der Waals surface area contributed by atoms with Gasteiger partial charge in [0.2, 0.25) is 5.95 Å². The predicted octanol–water partition coefficient (Wildman–Crippen LogP) is 0.911. The topological polar surface area (TPSA) is 76.0 Å². The first kappa shape index (κ1) is 21.3. The van der Waals surface area contributed by atoms with Crippen LogP contribution < -0.4 is 15.1 Å². The Morgan fingerprint density at radius 3 is 2.29 bits per heavy atom. The van der Waals surface area contributed by atoms with Gasteiger partial charge in [-0.05, 0) is 26.1 Å². The molecule has 0 aromatic carbocycles. The van der Waals surface area contributed by atoms with Crippen LogP contribution in [0.3, 0.4) is 0 Å². The van der Waals surface area contributed by atoms with E-state index in [4.69, 9.17) is 9.98 Å². The first-order valence-electron chi connectivity index (χ1n) is 11.2. The monoisotopic (exact) mass is 423 g/mol. The van der Waals surface area contributed by atoms with Crippen LogP contribution in [0.4, 0.5) is 11.8 Å². The van der Waals surface area contributed by atoms with Gasteiger partial charge in [-0.3, -0.25) is 0 Å². The van der Waals surface area contributed by atoms with Crippen molar-refractivity contribution in [3.63, 3.8) is 0 Å². The predicted molar refractivity (Wildman–Crippen MR) is 125 cm³/mol. The van der Waals surface area contributed by atoms with E-state index in [0.29, 0.717) is 6.54 Å². The molecule has 166 valence electrons.